The van der Waals surface area contributed by atoms with Crippen LogP contribution in [-0.2, 0) is 0 Å². The zero-order valence-corrected chi connectivity index (χ0v) is 12.1. The summed E-state index contributed by atoms with van der Waals surface area (Å²) in [5.74, 6) is 1.88. The Balaban J connectivity index is 2.78. The maximum atomic E-state index is 5.95. The normalized spacial score (nSPS) is 11.3. The molecule has 0 bridgehead atoms. The van der Waals surface area contributed by atoms with Crippen LogP contribution in [0.5, 0.6) is 0 Å². The van der Waals surface area contributed by atoms with Gasteiger partial charge in [0.05, 0.1) is 0 Å². The lowest BCUT2D eigenvalue weighted by Crippen LogP contribution is -2.25. The van der Waals surface area contributed by atoms with Crippen molar-refractivity contribution in [1.29, 1.82) is 0 Å². The van der Waals surface area contributed by atoms with Crippen molar-refractivity contribution in [2.75, 3.05) is 44.9 Å². The van der Waals surface area contributed by atoms with Crippen molar-refractivity contribution >= 4 is 11.6 Å². The van der Waals surface area contributed by atoms with Gasteiger partial charge in [0.2, 0.25) is 0 Å². The predicted octanol–water partition coefficient (Wildman–Crippen LogP) is 1.57. The van der Waals surface area contributed by atoms with Crippen LogP contribution in [0.25, 0.3) is 0 Å². The number of hydrogen-bond donors (Lipinski definition) is 1. The number of nitrogens with two attached hydrogens (primary N) is 1. The molecule has 0 fully saturated rings. The number of aromatic nitrogens is 2. The summed E-state index contributed by atoms with van der Waals surface area (Å²) < 4.78 is 0. The van der Waals surface area contributed by atoms with E-state index in [0.717, 1.165) is 30.9 Å². The van der Waals surface area contributed by atoms with Crippen LogP contribution in [-0.4, -0.2) is 49.1 Å². The minimum absolute atomic E-state index is 0.331. The minimum atomic E-state index is 0.331. The number of nitrogens with zero attached hydrogens (tertiary/aromatic N) is 4. The van der Waals surface area contributed by atoms with Crippen molar-refractivity contribution in [1.82, 2.24) is 14.9 Å². The van der Waals surface area contributed by atoms with Gasteiger partial charge in [-0.05, 0) is 33.0 Å². The number of nitrogen functional groups attached to an aromatic ring is 1. The van der Waals surface area contributed by atoms with Crippen LogP contribution in [0.15, 0.2) is 6.33 Å². The van der Waals surface area contributed by atoms with E-state index >= 15 is 0 Å². The Kier molecular flexibility index (Phi) is 5.34. The van der Waals surface area contributed by atoms with Gasteiger partial charge in [0.1, 0.15) is 18.0 Å². The molecule has 2 N–H and O–H groups in total. The third kappa shape index (κ3) is 3.84. The van der Waals surface area contributed by atoms with Gasteiger partial charge in [-0.3, -0.25) is 0 Å². The molecule has 0 radical (unpaired) electrons. The molecule has 0 amide bonds. The van der Waals surface area contributed by atoms with Crippen molar-refractivity contribution in [2.24, 2.45) is 0 Å². The molecule has 0 aliphatic heterocycles. The van der Waals surface area contributed by atoms with E-state index in [9.17, 15) is 0 Å². The van der Waals surface area contributed by atoms with E-state index in [1.54, 1.807) is 6.33 Å². The number of rotatable bonds is 6. The molecule has 0 saturated heterocycles. The fraction of sp³-hybridized carbons (Fsp3) is 0.692. The van der Waals surface area contributed by atoms with Crippen molar-refractivity contribution < 1.29 is 0 Å². The van der Waals surface area contributed by atoms with E-state index in [2.05, 4.69) is 54.8 Å². The Hall–Kier alpha value is -1.36. The molecule has 1 rings (SSSR count). The maximum absolute atomic E-state index is 5.95. The molecule has 1 heterocycles. The summed E-state index contributed by atoms with van der Waals surface area (Å²) in [6, 6.07) is 0. The van der Waals surface area contributed by atoms with Gasteiger partial charge in [0, 0.05) is 19.2 Å². The van der Waals surface area contributed by atoms with Gasteiger partial charge in [0.15, 0.2) is 0 Å². The van der Waals surface area contributed by atoms with E-state index in [-0.39, 0.29) is 0 Å². The van der Waals surface area contributed by atoms with Crippen LogP contribution in [0.4, 0.5) is 11.6 Å². The summed E-state index contributed by atoms with van der Waals surface area (Å²) in [6.45, 7) is 6.27. The van der Waals surface area contributed by atoms with E-state index in [0.29, 0.717) is 11.7 Å². The van der Waals surface area contributed by atoms with Crippen LogP contribution in [0.2, 0.25) is 0 Å². The lowest BCUT2D eigenvalue weighted by molar-refractivity contribution is 0.401. The molecule has 1 aromatic heterocycles. The van der Waals surface area contributed by atoms with Gasteiger partial charge in [-0.1, -0.05) is 13.8 Å². The van der Waals surface area contributed by atoms with E-state index in [1.165, 1.54) is 0 Å². The first-order valence-electron chi connectivity index (χ1n) is 6.39. The molecule has 0 saturated carbocycles. The Morgan fingerprint density at radius 3 is 2.39 bits per heavy atom. The first-order chi connectivity index (χ1) is 8.43. The standard InChI is InChI=1S/C13H25N5/c1-10(2)11-12(14)15-9-16-13(11)18(5)8-6-7-17(3)4/h9-10H,6-8H2,1-5H3,(H2,14,15,16). The highest BCUT2D eigenvalue weighted by Gasteiger charge is 2.15. The molecule has 0 spiro atoms. The van der Waals surface area contributed by atoms with Crippen molar-refractivity contribution in [3.05, 3.63) is 11.9 Å². The summed E-state index contributed by atoms with van der Waals surface area (Å²) in [4.78, 5) is 12.8. The third-order valence-electron chi connectivity index (χ3n) is 2.93. The average molecular weight is 251 g/mol. The molecule has 0 aliphatic carbocycles. The summed E-state index contributed by atoms with van der Waals surface area (Å²) in [6.07, 6.45) is 2.64. The first-order valence-corrected chi connectivity index (χ1v) is 6.39. The Bertz CT molecular complexity index is 376. The van der Waals surface area contributed by atoms with Crippen LogP contribution >= 0.6 is 0 Å². The summed E-state index contributed by atoms with van der Waals surface area (Å²) >= 11 is 0. The predicted molar refractivity (Wildman–Crippen MR) is 77.0 cm³/mol. The second kappa shape index (κ2) is 6.54. The molecule has 5 nitrogen and oxygen atoms in total. The van der Waals surface area contributed by atoms with Crippen LogP contribution in [0, 0.1) is 0 Å². The molecule has 18 heavy (non-hydrogen) atoms. The molecule has 0 aliphatic rings. The largest absolute Gasteiger partial charge is 0.383 e. The van der Waals surface area contributed by atoms with Crippen molar-refractivity contribution in [3.63, 3.8) is 0 Å². The monoisotopic (exact) mass is 251 g/mol. The first kappa shape index (κ1) is 14.7. The molecular formula is C13H25N5. The van der Waals surface area contributed by atoms with E-state index < -0.39 is 0 Å². The summed E-state index contributed by atoms with van der Waals surface area (Å²) in [5.41, 5.74) is 7.00. The number of anilines is 2. The summed E-state index contributed by atoms with van der Waals surface area (Å²) in [5, 5.41) is 0. The second-order valence-electron chi connectivity index (χ2n) is 5.23. The van der Waals surface area contributed by atoms with Gasteiger partial charge in [-0.2, -0.15) is 0 Å². The van der Waals surface area contributed by atoms with Gasteiger partial charge >= 0.3 is 0 Å². The van der Waals surface area contributed by atoms with E-state index in [1.807, 2.05) is 0 Å². The zero-order valence-electron chi connectivity index (χ0n) is 12.1. The van der Waals surface area contributed by atoms with Gasteiger partial charge in [-0.25, -0.2) is 9.97 Å². The maximum Gasteiger partial charge on any atom is 0.137 e. The average Bonchev–Trinajstić information content (AvgIpc) is 2.27. The highest BCUT2D eigenvalue weighted by Crippen LogP contribution is 2.28. The highest BCUT2D eigenvalue weighted by molar-refractivity contribution is 5.57. The topological polar surface area (TPSA) is 58.3 Å². The fourth-order valence-electron chi connectivity index (χ4n) is 1.99. The van der Waals surface area contributed by atoms with Crippen LogP contribution < -0.4 is 10.6 Å². The molecule has 1 aromatic rings. The smallest absolute Gasteiger partial charge is 0.137 e. The molecule has 5 heteroatoms. The van der Waals surface area contributed by atoms with E-state index in [4.69, 9.17) is 5.73 Å². The molecular weight excluding hydrogens is 226 g/mol. The third-order valence-corrected chi connectivity index (χ3v) is 2.93. The quantitative estimate of drug-likeness (QED) is 0.831. The van der Waals surface area contributed by atoms with Crippen LogP contribution in [0.3, 0.4) is 0 Å². The minimum Gasteiger partial charge on any atom is -0.383 e. The van der Waals surface area contributed by atoms with Gasteiger partial charge < -0.3 is 15.5 Å². The molecule has 0 unspecified atom stereocenters. The Morgan fingerprint density at radius 1 is 1.17 bits per heavy atom. The van der Waals surface area contributed by atoms with Crippen LogP contribution in [0.1, 0.15) is 31.7 Å². The highest BCUT2D eigenvalue weighted by atomic mass is 15.2. The lowest BCUT2D eigenvalue weighted by Gasteiger charge is -2.23. The molecule has 0 atom stereocenters. The second-order valence-corrected chi connectivity index (χ2v) is 5.23. The molecule has 0 aromatic carbocycles. The molecule has 102 valence electrons. The SMILES string of the molecule is CC(C)c1c(N)ncnc1N(C)CCCN(C)C. The summed E-state index contributed by atoms with van der Waals surface area (Å²) in [7, 11) is 6.23. The van der Waals surface area contributed by atoms with Crippen molar-refractivity contribution in [2.45, 2.75) is 26.2 Å². The fourth-order valence-corrected chi connectivity index (χ4v) is 1.99. The Labute approximate surface area is 110 Å². The van der Waals surface area contributed by atoms with Gasteiger partial charge in [-0.15, -0.1) is 0 Å². The lowest BCUT2D eigenvalue weighted by atomic mass is 10.0. The Morgan fingerprint density at radius 2 is 1.83 bits per heavy atom. The zero-order chi connectivity index (χ0) is 13.7. The van der Waals surface area contributed by atoms with Crippen molar-refractivity contribution in [3.8, 4) is 0 Å². The van der Waals surface area contributed by atoms with Gasteiger partial charge in [0.25, 0.3) is 0 Å². The number of hydrogen-bond acceptors (Lipinski definition) is 5.